The minimum Gasteiger partial charge on any atom is -0.475 e. The summed E-state index contributed by atoms with van der Waals surface area (Å²) in [4.78, 5) is 26.2. The van der Waals surface area contributed by atoms with E-state index in [2.05, 4.69) is 32.3 Å². The second kappa shape index (κ2) is 11.9. The van der Waals surface area contributed by atoms with E-state index in [-0.39, 0.29) is 12.1 Å². The molecule has 0 bridgehead atoms. The number of nitrogens with zero attached hydrogens (tertiary/aromatic N) is 5. The lowest BCUT2D eigenvalue weighted by atomic mass is 10.0. The van der Waals surface area contributed by atoms with Gasteiger partial charge in [0.2, 0.25) is 0 Å². The van der Waals surface area contributed by atoms with Gasteiger partial charge in [-0.3, -0.25) is 0 Å². The summed E-state index contributed by atoms with van der Waals surface area (Å²) < 4.78 is 33.4. The molecule has 40 heavy (non-hydrogen) atoms. The number of alkyl halides is 3. The first kappa shape index (κ1) is 28.1. The average Bonchev–Trinajstić information content (AvgIpc) is 3.56. The Labute approximate surface area is 230 Å². The number of carbonyl (C=O) groups is 2. The van der Waals surface area contributed by atoms with E-state index in [4.69, 9.17) is 21.5 Å². The molecular weight excluding hydrogens is 549 g/mol. The van der Waals surface area contributed by atoms with Gasteiger partial charge in [-0.15, -0.1) is 0 Å². The number of halogens is 4. The van der Waals surface area contributed by atoms with E-state index in [1.807, 2.05) is 61.5 Å². The van der Waals surface area contributed by atoms with E-state index in [0.717, 1.165) is 22.3 Å². The predicted molar refractivity (Wildman–Crippen MR) is 142 cm³/mol. The van der Waals surface area contributed by atoms with Crippen molar-refractivity contribution in [3.05, 3.63) is 94.4 Å². The van der Waals surface area contributed by atoms with Crippen LogP contribution in [0.2, 0.25) is 5.02 Å². The highest BCUT2D eigenvalue weighted by Gasteiger charge is 2.38. The van der Waals surface area contributed by atoms with Crippen LogP contribution in [0.25, 0.3) is 5.65 Å². The van der Waals surface area contributed by atoms with Gasteiger partial charge in [0, 0.05) is 35.1 Å². The van der Waals surface area contributed by atoms with E-state index >= 15 is 0 Å². The zero-order valence-electron chi connectivity index (χ0n) is 20.7. The molecule has 4 aromatic rings. The number of amides is 2. The average molecular weight is 569 g/mol. The van der Waals surface area contributed by atoms with Crippen LogP contribution in [0.5, 0.6) is 0 Å². The summed E-state index contributed by atoms with van der Waals surface area (Å²) in [5.74, 6) is 3.54. The number of aryl methyl sites for hydroxylation is 1. The van der Waals surface area contributed by atoms with Gasteiger partial charge in [-0.2, -0.15) is 23.4 Å². The fourth-order valence-corrected chi connectivity index (χ4v) is 3.86. The van der Waals surface area contributed by atoms with Crippen molar-refractivity contribution in [1.29, 1.82) is 0 Å². The zero-order valence-corrected chi connectivity index (χ0v) is 21.5. The predicted octanol–water partition coefficient (Wildman–Crippen LogP) is 5.69. The highest BCUT2D eigenvalue weighted by Crippen LogP contribution is 2.30. The summed E-state index contributed by atoms with van der Waals surface area (Å²) >= 11 is 6.13. The maximum atomic E-state index is 13.0. The molecule has 2 N–H and O–H groups in total. The molecule has 1 atom stereocenters. The van der Waals surface area contributed by atoms with E-state index < -0.39 is 12.1 Å². The maximum absolute atomic E-state index is 13.0. The minimum atomic E-state index is -5.08. The summed E-state index contributed by atoms with van der Waals surface area (Å²) in [6.07, 6.45) is 0.670. The molecule has 1 unspecified atom stereocenters. The van der Waals surface area contributed by atoms with Crippen LogP contribution in [0.4, 0.5) is 23.7 Å². The van der Waals surface area contributed by atoms with Crippen LogP contribution in [0.15, 0.2) is 72.1 Å². The molecule has 0 aliphatic carbocycles. The van der Waals surface area contributed by atoms with Crippen molar-refractivity contribution in [1.82, 2.24) is 19.6 Å². The first-order valence-electron chi connectivity index (χ1n) is 11.6. The van der Waals surface area contributed by atoms with Crippen molar-refractivity contribution in [2.45, 2.75) is 25.6 Å². The van der Waals surface area contributed by atoms with Crippen LogP contribution >= 0.6 is 11.6 Å². The lowest BCUT2D eigenvalue weighted by molar-refractivity contribution is -0.192. The number of aromatic nitrogens is 3. The number of imidazole rings is 1. The molecular formula is C27H20ClF3N6O3. The molecule has 0 fully saturated rings. The molecule has 2 aromatic heterocycles. The lowest BCUT2D eigenvalue weighted by Crippen LogP contribution is -2.31. The number of nitrogens with one attached hydrogen (secondary N) is 1. The Morgan fingerprint density at radius 3 is 2.62 bits per heavy atom. The number of aliphatic carboxylic acids is 1. The third kappa shape index (κ3) is 6.75. The number of carboxylic acids is 1. The van der Waals surface area contributed by atoms with Crippen molar-refractivity contribution < 1.29 is 27.9 Å². The topological polar surface area (TPSA) is 112 Å². The summed E-state index contributed by atoms with van der Waals surface area (Å²) in [7, 11) is 0. The van der Waals surface area contributed by atoms with Gasteiger partial charge in [0.1, 0.15) is 5.69 Å². The van der Waals surface area contributed by atoms with Gasteiger partial charge in [0.05, 0.1) is 12.2 Å². The number of hydrogen-bond donors (Lipinski definition) is 2. The summed E-state index contributed by atoms with van der Waals surface area (Å²) in [6, 6.07) is 16.3. The number of carboxylic acid groups (broad SMARTS) is 1. The van der Waals surface area contributed by atoms with Crippen LogP contribution in [0.1, 0.15) is 34.8 Å². The van der Waals surface area contributed by atoms with Crippen LogP contribution in [-0.2, 0) is 4.79 Å². The summed E-state index contributed by atoms with van der Waals surface area (Å²) in [5, 5.41) is 20.7. The van der Waals surface area contributed by atoms with Crippen LogP contribution in [0, 0.1) is 18.8 Å². The molecule has 0 spiro atoms. The van der Waals surface area contributed by atoms with E-state index in [1.54, 1.807) is 23.1 Å². The normalized spacial score (nSPS) is 14.2. The number of hydrogen-bond acceptors (Lipinski definition) is 5. The fraction of sp³-hybridized carbons (Fsp3) is 0.148. The number of rotatable bonds is 2. The second-order valence-electron chi connectivity index (χ2n) is 8.40. The Morgan fingerprint density at radius 1 is 1.12 bits per heavy atom. The standard InChI is InChI=1S/C25H19ClN6O.C2HF3O2/c1-17-7-9-21(15-18(17)8-10-22-16-27-24-6-3-12-28-31(22)24)30-25(33)32-23(11-13-29-32)19-4-2-5-20(26)14-19;3-2(4,5)1(6)7/h2-7,9,12-16,23H,11H2,1H3,(H,30,33);(H,6,7). The van der Waals surface area contributed by atoms with Crippen LogP contribution < -0.4 is 5.32 Å². The van der Waals surface area contributed by atoms with Crippen LogP contribution in [-0.4, -0.2) is 49.1 Å². The number of anilines is 1. The number of urea groups is 1. The van der Waals surface area contributed by atoms with Gasteiger partial charge < -0.3 is 10.4 Å². The minimum absolute atomic E-state index is 0.198. The largest absolute Gasteiger partial charge is 0.490 e. The Hall–Kier alpha value is -4.89. The Morgan fingerprint density at radius 2 is 1.90 bits per heavy atom. The monoisotopic (exact) mass is 568 g/mol. The SMILES string of the molecule is Cc1ccc(NC(=O)N2N=CCC2c2cccc(Cl)c2)cc1C#Cc1cnc2cccnn12.O=C(O)C(F)(F)F. The molecule has 204 valence electrons. The van der Waals surface area contributed by atoms with Crippen molar-refractivity contribution in [2.24, 2.45) is 5.10 Å². The summed E-state index contributed by atoms with van der Waals surface area (Å²) in [5.41, 5.74) is 4.80. The lowest BCUT2D eigenvalue weighted by Gasteiger charge is -2.22. The molecule has 13 heteroatoms. The van der Waals surface area contributed by atoms with Crippen LogP contribution in [0.3, 0.4) is 0 Å². The van der Waals surface area contributed by atoms with Crippen molar-refractivity contribution in [2.75, 3.05) is 5.32 Å². The zero-order chi connectivity index (χ0) is 28.9. The van der Waals surface area contributed by atoms with Crippen molar-refractivity contribution in [3.8, 4) is 11.8 Å². The molecule has 1 aliphatic heterocycles. The molecule has 3 heterocycles. The van der Waals surface area contributed by atoms with Gasteiger partial charge in [0.15, 0.2) is 5.65 Å². The number of benzene rings is 2. The molecule has 2 aromatic carbocycles. The quantitative estimate of drug-likeness (QED) is 0.302. The summed E-state index contributed by atoms with van der Waals surface area (Å²) in [6.45, 7) is 1.97. The van der Waals surface area contributed by atoms with E-state index in [1.165, 1.54) is 5.01 Å². The fourth-order valence-electron chi connectivity index (χ4n) is 3.66. The number of carbonyl (C=O) groups excluding carboxylic acids is 1. The van der Waals surface area contributed by atoms with E-state index in [0.29, 0.717) is 22.8 Å². The van der Waals surface area contributed by atoms with Gasteiger partial charge in [-0.05, 0) is 60.4 Å². The molecule has 0 saturated carbocycles. The maximum Gasteiger partial charge on any atom is 0.490 e. The molecule has 9 nitrogen and oxygen atoms in total. The Kier molecular flexibility index (Phi) is 8.35. The van der Waals surface area contributed by atoms with Gasteiger partial charge >= 0.3 is 18.2 Å². The molecule has 1 aliphatic rings. The van der Waals surface area contributed by atoms with Crippen molar-refractivity contribution >= 4 is 41.2 Å². The third-order valence-corrected chi connectivity index (χ3v) is 5.84. The molecule has 0 radical (unpaired) electrons. The van der Waals surface area contributed by atoms with Crippen molar-refractivity contribution in [3.63, 3.8) is 0 Å². The van der Waals surface area contributed by atoms with E-state index in [9.17, 15) is 18.0 Å². The van der Waals surface area contributed by atoms with Gasteiger partial charge in [0.25, 0.3) is 0 Å². The highest BCUT2D eigenvalue weighted by molar-refractivity contribution is 6.30. The first-order chi connectivity index (χ1) is 19.0. The second-order valence-corrected chi connectivity index (χ2v) is 8.84. The first-order valence-corrected chi connectivity index (χ1v) is 12.0. The highest BCUT2D eigenvalue weighted by atomic mass is 35.5. The number of hydrazone groups is 1. The third-order valence-electron chi connectivity index (χ3n) is 5.61. The molecule has 2 amide bonds. The van der Waals surface area contributed by atoms with Gasteiger partial charge in [-0.25, -0.2) is 24.1 Å². The smallest absolute Gasteiger partial charge is 0.475 e. The number of fused-ring (bicyclic) bond motifs is 1. The Balaban J connectivity index is 0.000000470. The molecule has 0 saturated heterocycles. The molecule has 5 rings (SSSR count). The van der Waals surface area contributed by atoms with Gasteiger partial charge in [-0.1, -0.05) is 35.7 Å². The Bertz CT molecular complexity index is 1660.